The lowest BCUT2D eigenvalue weighted by Crippen LogP contribution is -2.59. The molecule has 0 aliphatic carbocycles. The number of nitrogens with zero attached hydrogens (tertiary/aromatic N) is 1. The van der Waals surface area contributed by atoms with Crippen molar-refractivity contribution in [3.63, 3.8) is 0 Å². The molecule has 0 N–H and O–H groups in total. The average molecular weight is 215 g/mol. The molecule has 3 atom stereocenters. The van der Waals surface area contributed by atoms with Crippen molar-refractivity contribution in [3.8, 4) is 0 Å². The van der Waals surface area contributed by atoms with Gasteiger partial charge in [-0.3, -0.25) is 0 Å². The monoisotopic (exact) mass is 215 g/mol. The van der Waals surface area contributed by atoms with Gasteiger partial charge < -0.3 is 0 Å². The molecule has 14 heavy (non-hydrogen) atoms. The van der Waals surface area contributed by atoms with Gasteiger partial charge in [-0.15, -0.1) is 0 Å². The molecule has 1 aliphatic heterocycles. The van der Waals surface area contributed by atoms with E-state index in [1.54, 1.807) is 0 Å². The van der Waals surface area contributed by atoms with Crippen LogP contribution in [-0.2, 0) is 0 Å². The number of rotatable bonds is 2. The van der Waals surface area contributed by atoms with Crippen LogP contribution in [0.2, 0.25) is 0 Å². The Morgan fingerprint density at radius 3 is 2.29 bits per heavy atom. The fourth-order valence-electron chi connectivity index (χ4n) is 2.59. The summed E-state index contributed by atoms with van der Waals surface area (Å²) in [4.78, 5) is 0. The van der Waals surface area contributed by atoms with Crippen LogP contribution in [0.1, 0.15) is 60.3 Å². The second-order valence-corrected chi connectivity index (χ2v) is 5.71. The summed E-state index contributed by atoms with van der Waals surface area (Å²) >= 11 is 4.78. The highest BCUT2D eigenvalue weighted by Gasteiger charge is 2.46. The predicted molar refractivity (Wildman–Crippen MR) is 66.6 cm³/mol. The van der Waals surface area contributed by atoms with E-state index in [4.69, 9.17) is 12.8 Å². The molecular weight excluding hydrogens is 190 g/mol. The number of piperidine rings is 1. The van der Waals surface area contributed by atoms with Gasteiger partial charge in [-0.2, -0.15) is 0 Å². The highest BCUT2D eigenvalue weighted by molar-refractivity contribution is 7.77. The van der Waals surface area contributed by atoms with Crippen LogP contribution in [0.15, 0.2) is 0 Å². The Balaban J connectivity index is 2.94. The largest absolute Gasteiger partial charge is 0.241 e. The summed E-state index contributed by atoms with van der Waals surface area (Å²) in [6.45, 7) is 11.6. The zero-order valence-corrected chi connectivity index (χ0v) is 11.2. The van der Waals surface area contributed by atoms with Gasteiger partial charge in [-0.1, -0.05) is 33.6 Å². The summed E-state index contributed by atoms with van der Waals surface area (Å²) in [6, 6.07) is 0. The van der Waals surface area contributed by atoms with Gasteiger partial charge in [0.15, 0.2) is 0 Å². The maximum atomic E-state index is 4.78. The molecule has 3 unspecified atom stereocenters. The van der Waals surface area contributed by atoms with Gasteiger partial charge in [0.1, 0.15) is 0 Å². The molecule has 1 aliphatic rings. The van der Waals surface area contributed by atoms with Crippen molar-refractivity contribution in [2.45, 2.75) is 71.4 Å². The summed E-state index contributed by atoms with van der Waals surface area (Å²) in [7, 11) is 0. The number of hydrogen-bond donors (Lipinski definition) is 1. The molecule has 0 aromatic heterocycles. The first kappa shape index (κ1) is 12.4. The highest BCUT2D eigenvalue weighted by Crippen LogP contribution is 2.46. The van der Waals surface area contributed by atoms with E-state index in [9.17, 15) is 0 Å². The van der Waals surface area contributed by atoms with Crippen LogP contribution in [0.3, 0.4) is 0 Å². The molecular formula is C12H25NS. The Bertz CT molecular complexity index is 206. The number of thiol groups is 1. The fourth-order valence-corrected chi connectivity index (χ4v) is 3.17. The molecule has 1 heterocycles. The van der Waals surface area contributed by atoms with E-state index in [2.05, 4.69) is 38.9 Å². The molecule has 1 fully saturated rings. The van der Waals surface area contributed by atoms with E-state index < -0.39 is 0 Å². The van der Waals surface area contributed by atoms with E-state index in [1.165, 1.54) is 25.7 Å². The van der Waals surface area contributed by atoms with Crippen LogP contribution in [0.25, 0.3) is 0 Å². The molecule has 1 nitrogen and oxygen atoms in total. The minimum Gasteiger partial charge on any atom is -0.241 e. The smallest absolute Gasteiger partial charge is 0.0312 e. The maximum Gasteiger partial charge on any atom is 0.0312 e. The summed E-state index contributed by atoms with van der Waals surface area (Å²) in [5.74, 6) is 0.754. The standard InChI is InChI=1S/C12H25NS/c1-6-11(4)9-8-10(3)12(5,7-2)13(11)14/h10,14H,6-9H2,1-5H3. The Kier molecular flexibility index (Phi) is 3.58. The third-order valence-electron chi connectivity index (χ3n) is 4.65. The van der Waals surface area contributed by atoms with E-state index in [0.29, 0.717) is 5.54 Å². The second kappa shape index (κ2) is 4.05. The van der Waals surface area contributed by atoms with Crippen LogP contribution in [0, 0.1) is 5.92 Å². The molecule has 84 valence electrons. The highest BCUT2D eigenvalue weighted by atomic mass is 32.1. The first-order valence-electron chi connectivity index (χ1n) is 5.90. The van der Waals surface area contributed by atoms with Gasteiger partial charge in [-0.25, -0.2) is 4.31 Å². The zero-order valence-electron chi connectivity index (χ0n) is 10.3. The van der Waals surface area contributed by atoms with Crippen LogP contribution in [-0.4, -0.2) is 15.4 Å². The molecule has 1 rings (SSSR count). The second-order valence-electron chi connectivity index (χ2n) is 5.31. The third-order valence-corrected chi connectivity index (χ3v) is 5.59. The van der Waals surface area contributed by atoms with Gasteiger partial charge in [0.2, 0.25) is 0 Å². The third kappa shape index (κ3) is 1.71. The Labute approximate surface area is 94.8 Å². The average Bonchev–Trinajstić information content (AvgIpc) is 2.21. The fraction of sp³-hybridized carbons (Fsp3) is 1.00. The van der Waals surface area contributed by atoms with E-state index >= 15 is 0 Å². The minimum atomic E-state index is 0.270. The molecule has 2 heteroatoms. The molecule has 0 aromatic carbocycles. The first-order valence-corrected chi connectivity index (χ1v) is 6.30. The van der Waals surface area contributed by atoms with Gasteiger partial charge in [0.05, 0.1) is 0 Å². The summed E-state index contributed by atoms with van der Waals surface area (Å²) in [5, 5.41) is 0. The SMILES string of the molecule is CCC1(C)CCC(C)C(C)(CC)N1S. The quantitative estimate of drug-likeness (QED) is 0.684. The Morgan fingerprint density at radius 1 is 1.29 bits per heavy atom. The van der Waals surface area contributed by atoms with E-state index in [0.717, 1.165) is 5.92 Å². The lowest BCUT2D eigenvalue weighted by molar-refractivity contribution is -0.00237. The molecule has 0 aromatic rings. The van der Waals surface area contributed by atoms with Crippen molar-refractivity contribution in [1.29, 1.82) is 0 Å². The van der Waals surface area contributed by atoms with E-state index in [-0.39, 0.29) is 5.54 Å². The zero-order chi connectivity index (χ0) is 11.0. The van der Waals surface area contributed by atoms with Crippen molar-refractivity contribution >= 4 is 12.8 Å². The Hall–Kier alpha value is 0.310. The van der Waals surface area contributed by atoms with Gasteiger partial charge in [-0.05, 0) is 45.4 Å². The van der Waals surface area contributed by atoms with Crippen LogP contribution in [0.5, 0.6) is 0 Å². The Morgan fingerprint density at radius 2 is 1.86 bits per heavy atom. The normalized spacial score (nSPS) is 45.4. The number of hydrogen-bond acceptors (Lipinski definition) is 2. The topological polar surface area (TPSA) is 3.24 Å². The van der Waals surface area contributed by atoms with Crippen molar-refractivity contribution in [2.24, 2.45) is 5.92 Å². The molecule has 0 amide bonds. The van der Waals surface area contributed by atoms with Gasteiger partial charge in [0.25, 0.3) is 0 Å². The van der Waals surface area contributed by atoms with Crippen molar-refractivity contribution in [2.75, 3.05) is 0 Å². The van der Waals surface area contributed by atoms with Crippen LogP contribution in [0.4, 0.5) is 0 Å². The molecule has 1 saturated heterocycles. The molecule has 0 radical (unpaired) electrons. The van der Waals surface area contributed by atoms with Crippen molar-refractivity contribution < 1.29 is 0 Å². The lowest BCUT2D eigenvalue weighted by atomic mass is 9.72. The van der Waals surface area contributed by atoms with Crippen molar-refractivity contribution in [1.82, 2.24) is 4.31 Å². The first-order chi connectivity index (χ1) is 6.40. The van der Waals surface area contributed by atoms with Crippen LogP contribution < -0.4 is 0 Å². The maximum absolute atomic E-state index is 4.78. The lowest BCUT2D eigenvalue weighted by Gasteiger charge is -2.55. The minimum absolute atomic E-state index is 0.270. The van der Waals surface area contributed by atoms with Gasteiger partial charge in [0, 0.05) is 11.1 Å². The molecule has 0 spiro atoms. The molecule has 0 bridgehead atoms. The summed E-state index contributed by atoms with van der Waals surface area (Å²) in [6.07, 6.45) is 5.00. The summed E-state index contributed by atoms with van der Waals surface area (Å²) < 4.78 is 2.34. The van der Waals surface area contributed by atoms with Crippen molar-refractivity contribution in [3.05, 3.63) is 0 Å². The predicted octanol–water partition coefficient (Wildman–Crippen LogP) is 3.90. The van der Waals surface area contributed by atoms with Crippen LogP contribution >= 0.6 is 12.8 Å². The van der Waals surface area contributed by atoms with E-state index in [1.807, 2.05) is 0 Å². The summed E-state index contributed by atoms with van der Waals surface area (Å²) in [5.41, 5.74) is 0.562. The van der Waals surface area contributed by atoms with Gasteiger partial charge >= 0.3 is 0 Å². The molecule has 0 saturated carbocycles.